The number of nitrogens with zero attached hydrogens (tertiary/aromatic N) is 1. The van der Waals surface area contributed by atoms with Crippen LogP contribution >= 0.6 is 0 Å². The quantitative estimate of drug-likeness (QED) is 0.656. The molecule has 0 spiro atoms. The molecule has 0 bridgehead atoms. The second kappa shape index (κ2) is 11.2. The van der Waals surface area contributed by atoms with Crippen LogP contribution in [0.4, 0.5) is 4.79 Å². The van der Waals surface area contributed by atoms with Crippen molar-refractivity contribution in [2.45, 2.75) is 65.5 Å². The van der Waals surface area contributed by atoms with Crippen LogP contribution in [0.1, 0.15) is 62.1 Å². The highest BCUT2D eigenvalue weighted by Crippen LogP contribution is 2.20. The van der Waals surface area contributed by atoms with E-state index in [1.165, 1.54) is 0 Å². The van der Waals surface area contributed by atoms with Gasteiger partial charge in [-0.15, -0.1) is 0 Å². The third-order valence-electron chi connectivity index (χ3n) is 5.44. The van der Waals surface area contributed by atoms with Gasteiger partial charge >= 0.3 is 6.03 Å². The second-order valence-corrected chi connectivity index (χ2v) is 8.95. The minimum absolute atomic E-state index is 0.00625. The van der Waals surface area contributed by atoms with E-state index in [2.05, 4.69) is 10.6 Å². The number of carbonyl (C=O) groups excluding carboxylic acids is 2. The van der Waals surface area contributed by atoms with Crippen LogP contribution in [0.25, 0.3) is 0 Å². The number of hydrogen-bond acceptors (Lipinski definition) is 4. The summed E-state index contributed by atoms with van der Waals surface area (Å²) < 4.78 is 11.4. The minimum Gasteiger partial charge on any atom is -0.491 e. The molecule has 33 heavy (non-hydrogen) atoms. The molecule has 3 unspecified atom stereocenters. The summed E-state index contributed by atoms with van der Waals surface area (Å²) in [4.78, 5) is 27.0. The van der Waals surface area contributed by atoms with Gasteiger partial charge in [0.15, 0.2) is 0 Å². The van der Waals surface area contributed by atoms with Crippen LogP contribution < -0.4 is 15.4 Å². The molecule has 178 valence electrons. The number of nitrogens with one attached hydrogen (secondary N) is 2. The summed E-state index contributed by atoms with van der Waals surface area (Å²) in [5.74, 6) is 0.791. The van der Waals surface area contributed by atoms with E-state index >= 15 is 0 Å². The molecule has 2 N–H and O–H groups in total. The van der Waals surface area contributed by atoms with Gasteiger partial charge in [-0.2, -0.15) is 0 Å². The van der Waals surface area contributed by atoms with Gasteiger partial charge in [0.25, 0.3) is 5.91 Å². The normalized spacial score (nSPS) is 19.2. The predicted molar refractivity (Wildman–Crippen MR) is 128 cm³/mol. The summed E-state index contributed by atoms with van der Waals surface area (Å²) in [6.07, 6.45) is 0.161. The maximum atomic E-state index is 12.8. The fourth-order valence-electron chi connectivity index (χ4n) is 3.93. The monoisotopic (exact) mass is 453 g/mol. The van der Waals surface area contributed by atoms with Crippen molar-refractivity contribution < 1.29 is 19.1 Å². The SMILES string of the molecule is CC(C)Oc1cccc(C(C)NC(=O)NCc2ccc(C(=O)N3CC(C)OC(C)C3)cc2)c1. The summed E-state index contributed by atoms with van der Waals surface area (Å²) in [6.45, 7) is 11.4. The molecule has 2 aromatic rings. The molecule has 7 heteroatoms. The summed E-state index contributed by atoms with van der Waals surface area (Å²) in [5.41, 5.74) is 2.53. The Balaban J connectivity index is 1.50. The van der Waals surface area contributed by atoms with Gasteiger partial charge in [0.05, 0.1) is 24.4 Å². The van der Waals surface area contributed by atoms with E-state index in [4.69, 9.17) is 9.47 Å². The molecule has 3 amide bonds. The van der Waals surface area contributed by atoms with Crippen molar-refractivity contribution in [3.8, 4) is 5.75 Å². The fraction of sp³-hybridized carbons (Fsp3) is 0.462. The zero-order valence-corrected chi connectivity index (χ0v) is 20.1. The largest absolute Gasteiger partial charge is 0.491 e. The third-order valence-corrected chi connectivity index (χ3v) is 5.44. The smallest absolute Gasteiger partial charge is 0.315 e. The zero-order chi connectivity index (χ0) is 24.0. The number of amides is 3. The number of benzene rings is 2. The number of urea groups is 1. The maximum Gasteiger partial charge on any atom is 0.315 e. The van der Waals surface area contributed by atoms with E-state index in [0.29, 0.717) is 25.2 Å². The molecule has 1 aliphatic heterocycles. The highest BCUT2D eigenvalue weighted by Gasteiger charge is 2.26. The number of rotatable bonds is 7. The number of hydrogen-bond donors (Lipinski definition) is 2. The van der Waals surface area contributed by atoms with Gasteiger partial charge in [-0.1, -0.05) is 24.3 Å². The van der Waals surface area contributed by atoms with Gasteiger partial charge in [-0.25, -0.2) is 4.79 Å². The van der Waals surface area contributed by atoms with Gasteiger partial charge in [0.1, 0.15) is 5.75 Å². The standard InChI is InChI=1S/C26H35N3O4/c1-17(2)32-24-8-6-7-23(13-24)20(5)28-26(31)27-14-21-9-11-22(12-10-21)25(30)29-15-18(3)33-19(4)16-29/h6-13,17-20H,14-16H2,1-5H3,(H2,27,28,31). The molecular weight excluding hydrogens is 418 g/mol. The Morgan fingerprint density at radius 3 is 2.36 bits per heavy atom. The topological polar surface area (TPSA) is 79.9 Å². The van der Waals surface area contributed by atoms with Gasteiger partial charge in [-0.3, -0.25) is 4.79 Å². The highest BCUT2D eigenvalue weighted by atomic mass is 16.5. The molecule has 7 nitrogen and oxygen atoms in total. The predicted octanol–water partition coefficient (Wildman–Crippen LogP) is 4.28. The van der Waals surface area contributed by atoms with Gasteiger partial charge in [0.2, 0.25) is 0 Å². The molecule has 1 saturated heterocycles. The van der Waals surface area contributed by atoms with Gasteiger partial charge in [0, 0.05) is 25.2 Å². The lowest BCUT2D eigenvalue weighted by atomic mass is 10.1. The Morgan fingerprint density at radius 2 is 1.73 bits per heavy atom. The molecule has 3 atom stereocenters. The van der Waals surface area contributed by atoms with Gasteiger partial charge < -0.3 is 25.0 Å². The molecular formula is C26H35N3O4. The Bertz CT molecular complexity index is 935. The maximum absolute atomic E-state index is 12.8. The van der Waals surface area contributed by atoms with Crippen LogP contribution in [-0.4, -0.2) is 48.2 Å². The van der Waals surface area contributed by atoms with Crippen molar-refractivity contribution in [1.82, 2.24) is 15.5 Å². The van der Waals surface area contributed by atoms with Crippen molar-refractivity contribution >= 4 is 11.9 Å². The molecule has 2 aromatic carbocycles. The first-order valence-corrected chi connectivity index (χ1v) is 11.6. The summed E-state index contributed by atoms with van der Waals surface area (Å²) in [7, 11) is 0. The first-order chi connectivity index (χ1) is 15.7. The zero-order valence-electron chi connectivity index (χ0n) is 20.1. The van der Waals surface area contributed by atoms with E-state index in [1.54, 1.807) is 0 Å². The number of morpholine rings is 1. The Labute approximate surface area is 196 Å². The summed E-state index contributed by atoms with van der Waals surface area (Å²) in [5, 5.41) is 5.83. The summed E-state index contributed by atoms with van der Waals surface area (Å²) in [6, 6.07) is 14.7. The average molecular weight is 454 g/mol. The number of ether oxygens (including phenoxy) is 2. The van der Waals surface area contributed by atoms with Crippen molar-refractivity contribution in [2.24, 2.45) is 0 Å². The van der Waals surface area contributed by atoms with E-state index in [1.807, 2.05) is 88.0 Å². The van der Waals surface area contributed by atoms with E-state index < -0.39 is 0 Å². The fourth-order valence-corrected chi connectivity index (χ4v) is 3.93. The van der Waals surface area contributed by atoms with Gasteiger partial charge in [-0.05, 0) is 70.0 Å². The minimum atomic E-state index is -0.255. The highest BCUT2D eigenvalue weighted by molar-refractivity contribution is 5.94. The van der Waals surface area contributed by atoms with E-state index in [-0.39, 0.29) is 36.3 Å². The van der Waals surface area contributed by atoms with Crippen molar-refractivity contribution in [1.29, 1.82) is 0 Å². The van der Waals surface area contributed by atoms with Crippen molar-refractivity contribution in [3.05, 3.63) is 65.2 Å². The molecule has 0 aliphatic carbocycles. The second-order valence-electron chi connectivity index (χ2n) is 8.95. The van der Waals surface area contributed by atoms with Crippen LogP contribution in [0.15, 0.2) is 48.5 Å². The third kappa shape index (κ3) is 7.22. The number of carbonyl (C=O) groups is 2. The van der Waals surface area contributed by atoms with Crippen molar-refractivity contribution in [3.63, 3.8) is 0 Å². The molecule has 1 fully saturated rings. The van der Waals surface area contributed by atoms with Crippen LogP contribution in [0.3, 0.4) is 0 Å². The van der Waals surface area contributed by atoms with Crippen LogP contribution in [-0.2, 0) is 11.3 Å². The molecule has 3 rings (SSSR count). The molecule has 0 saturated carbocycles. The Kier molecular flexibility index (Phi) is 8.33. The Hall–Kier alpha value is -3.06. The van der Waals surface area contributed by atoms with Crippen LogP contribution in [0.5, 0.6) is 5.75 Å². The van der Waals surface area contributed by atoms with Crippen LogP contribution in [0.2, 0.25) is 0 Å². The first-order valence-electron chi connectivity index (χ1n) is 11.6. The summed E-state index contributed by atoms with van der Waals surface area (Å²) >= 11 is 0. The molecule has 1 heterocycles. The lowest BCUT2D eigenvalue weighted by Crippen LogP contribution is -2.48. The molecule has 0 radical (unpaired) electrons. The lowest BCUT2D eigenvalue weighted by molar-refractivity contribution is -0.0586. The van der Waals surface area contributed by atoms with Crippen LogP contribution in [0, 0.1) is 0 Å². The molecule has 0 aromatic heterocycles. The molecule has 1 aliphatic rings. The average Bonchev–Trinajstić information content (AvgIpc) is 2.76. The van der Waals surface area contributed by atoms with Crippen molar-refractivity contribution in [2.75, 3.05) is 13.1 Å². The lowest BCUT2D eigenvalue weighted by Gasteiger charge is -2.35. The Morgan fingerprint density at radius 1 is 1.06 bits per heavy atom. The first kappa shape index (κ1) is 24.6. The van der Waals surface area contributed by atoms with E-state index in [0.717, 1.165) is 16.9 Å². The van der Waals surface area contributed by atoms with E-state index in [9.17, 15) is 9.59 Å².